The molecule has 0 spiro atoms. The second-order valence-electron chi connectivity index (χ2n) is 5.81. The summed E-state index contributed by atoms with van der Waals surface area (Å²) in [6.45, 7) is 1.51. The van der Waals surface area contributed by atoms with Gasteiger partial charge in [0.15, 0.2) is 10.9 Å². The Morgan fingerprint density at radius 2 is 1.92 bits per heavy atom. The van der Waals surface area contributed by atoms with Crippen LogP contribution in [0.3, 0.4) is 0 Å². The Morgan fingerprint density at radius 1 is 1.19 bits per heavy atom. The molecule has 0 bridgehead atoms. The fourth-order valence-electron chi connectivity index (χ4n) is 2.77. The van der Waals surface area contributed by atoms with Gasteiger partial charge in [-0.3, -0.25) is 10.1 Å². The Labute approximate surface area is 153 Å². The predicted molar refractivity (Wildman–Crippen MR) is 95.3 cm³/mol. The minimum absolute atomic E-state index is 0.0537. The molecule has 0 unspecified atom stereocenters. The van der Waals surface area contributed by atoms with Crippen LogP contribution in [0.4, 0.5) is 24.5 Å². The number of carbonyl (C=O) groups is 1. The van der Waals surface area contributed by atoms with Gasteiger partial charge in [0.1, 0.15) is 0 Å². The number of carbonyl (C=O) groups excluding carboxylic acids is 1. The number of alkyl halides is 3. The van der Waals surface area contributed by atoms with Crippen LogP contribution in [0.15, 0.2) is 41.0 Å². The molecule has 26 heavy (non-hydrogen) atoms. The molecule has 0 atom stereocenters. The maximum atomic E-state index is 13.1. The highest BCUT2D eigenvalue weighted by Gasteiger charge is 2.32. The standard InChI is InChI=1S/C17H16F3N3O2S/c18-17(19,20)11-5-6-13(23-7-1-2-8-23)12(10-11)21-16(26)22-15(24)14-4-3-9-25-14/h3-6,9-10H,1-2,7-8H2,(H2,21,22,24,26). The predicted octanol–water partition coefficient (Wildman–Crippen LogP) is 4.03. The normalized spacial score (nSPS) is 14.3. The van der Waals surface area contributed by atoms with Crippen LogP contribution in [0.2, 0.25) is 0 Å². The Hall–Kier alpha value is -2.55. The van der Waals surface area contributed by atoms with E-state index in [9.17, 15) is 18.0 Å². The first-order chi connectivity index (χ1) is 12.3. The van der Waals surface area contributed by atoms with Crippen molar-refractivity contribution in [3.63, 3.8) is 0 Å². The number of halogens is 3. The number of hydrogen-bond acceptors (Lipinski definition) is 4. The van der Waals surface area contributed by atoms with Crippen molar-refractivity contribution in [1.82, 2.24) is 5.32 Å². The summed E-state index contributed by atoms with van der Waals surface area (Å²) in [5.41, 5.74) is 0.0275. The molecule has 2 heterocycles. The highest BCUT2D eigenvalue weighted by Crippen LogP contribution is 2.36. The maximum Gasteiger partial charge on any atom is 0.416 e. The number of rotatable bonds is 3. The van der Waals surface area contributed by atoms with E-state index in [-0.39, 0.29) is 16.6 Å². The molecule has 1 fully saturated rings. The number of nitrogens with one attached hydrogen (secondary N) is 2. The summed E-state index contributed by atoms with van der Waals surface area (Å²) in [5, 5.41) is 5.00. The summed E-state index contributed by atoms with van der Waals surface area (Å²) in [4.78, 5) is 13.9. The average molecular weight is 383 g/mol. The average Bonchev–Trinajstić information content (AvgIpc) is 3.27. The van der Waals surface area contributed by atoms with Crippen molar-refractivity contribution in [2.24, 2.45) is 0 Å². The number of furan rings is 1. The van der Waals surface area contributed by atoms with Crippen LogP contribution in [0, 0.1) is 0 Å². The third kappa shape index (κ3) is 4.16. The van der Waals surface area contributed by atoms with Crippen LogP contribution in [-0.2, 0) is 6.18 Å². The molecule has 1 amide bonds. The van der Waals surface area contributed by atoms with Crippen molar-refractivity contribution in [2.45, 2.75) is 19.0 Å². The van der Waals surface area contributed by atoms with Gasteiger partial charge in [0.05, 0.1) is 23.2 Å². The summed E-state index contributed by atoms with van der Waals surface area (Å²) in [6, 6.07) is 6.47. The number of amides is 1. The van der Waals surface area contributed by atoms with Crippen LogP contribution in [0.1, 0.15) is 29.0 Å². The number of hydrogen-bond donors (Lipinski definition) is 2. The molecule has 0 aliphatic carbocycles. The van der Waals surface area contributed by atoms with Crippen LogP contribution < -0.4 is 15.5 Å². The zero-order chi connectivity index (χ0) is 18.7. The second-order valence-corrected chi connectivity index (χ2v) is 6.22. The zero-order valence-electron chi connectivity index (χ0n) is 13.6. The van der Waals surface area contributed by atoms with Gasteiger partial charge in [-0.25, -0.2) is 0 Å². The number of anilines is 2. The van der Waals surface area contributed by atoms with Gasteiger partial charge >= 0.3 is 6.18 Å². The van der Waals surface area contributed by atoms with E-state index in [4.69, 9.17) is 16.6 Å². The Kier molecular flexibility index (Phi) is 5.17. The fraction of sp³-hybridized carbons (Fsp3) is 0.294. The first-order valence-electron chi connectivity index (χ1n) is 7.96. The molecule has 9 heteroatoms. The van der Waals surface area contributed by atoms with E-state index in [1.165, 1.54) is 18.4 Å². The van der Waals surface area contributed by atoms with Crippen molar-refractivity contribution in [1.29, 1.82) is 0 Å². The summed E-state index contributed by atoms with van der Waals surface area (Å²) in [5.74, 6) is -0.528. The quantitative estimate of drug-likeness (QED) is 0.784. The van der Waals surface area contributed by atoms with Crippen molar-refractivity contribution in [3.05, 3.63) is 47.9 Å². The molecule has 1 saturated heterocycles. The molecule has 1 aromatic carbocycles. The zero-order valence-corrected chi connectivity index (χ0v) is 14.4. The lowest BCUT2D eigenvalue weighted by molar-refractivity contribution is -0.137. The van der Waals surface area contributed by atoms with Crippen molar-refractivity contribution >= 4 is 34.6 Å². The number of benzene rings is 1. The van der Waals surface area contributed by atoms with Gasteiger partial charge in [0.25, 0.3) is 5.91 Å². The van der Waals surface area contributed by atoms with Gasteiger partial charge in [-0.15, -0.1) is 0 Å². The van der Waals surface area contributed by atoms with Crippen LogP contribution in [-0.4, -0.2) is 24.1 Å². The van der Waals surface area contributed by atoms with E-state index in [0.29, 0.717) is 5.69 Å². The molecule has 0 radical (unpaired) electrons. The minimum atomic E-state index is -4.47. The molecule has 5 nitrogen and oxygen atoms in total. The first-order valence-corrected chi connectivity index (χ1v) is 8.37. The monoisotopic (exact) mass is 383 g/mol. The molecule has 1 aromatic heterocycles. The molecular weight excluding hydrogens is 367 g/mol. The third-order valence-electron chi connectivity index (χ3n) is 3.99. The number of nitrogens with zero attached hydrogens (tertiary/aromatic N) is 1. The van der Waals surface area contributed by atoms with E-state index in [0.717, 1.165) is 38.1 Å². The number of thiocarbonyl (C=S) groups is 1. The van der Waals surface area contributed by atoms with E-state index < -0.39 is 17.6 Å². The van der Waals surface area contributed by atoms with Crippen LogP contribution in [0.25, 0.3) is 0 Å². The van der Waals surface area contributed by atoms with Crippen LogP contribution >= 0.6 is 12.2 Å². The SMILES string of the molecule is O=C(NC(=S)Nc1cc(C(F)(F)F)ccc1N1CCCC1)c1ccco1. The largest absolute Gasteiger partial charge is 0.459 e. The minimum Gasteiger partial charge on any atom is -0.459 e. The fourth-order valence-corrected chi connectivity index (χ4v) is 2.97. The smallest absolute Gasteiger partial charge is 0.416 e. The molecule has 138 valence electrons. The van der Waals surface area contributed by atoms with E-state index >= 15 is 0 Å². The van der Waals surface area contributed by atoms with E-state index in [2.05, 4.69) is 10.6 Å². The highest BCUT2D eigenvalue weighted by molar-refractivity contribution is 7.80. The van der Waals surface area contributed by atoms with E-state index in [1.54, 1.807) is 6.07 Å². The molecule has 2 N–H and O–H groups in total. The van der Waals surface area contributed by atoms with Crippen molar-refractivity contribution < 1.29 is 22.4 Å². The van der Waals surface area contributed by atoms with Gasteiger partial charge in [0, 0.05) is 13.1 Å². The van der Waals surface area contributed by atoms with Gasteiger partial charge in [0.2, 0.25) is 0 Å². The van der Waals surface area contributed by atoms with Crippen molar-refractivity contribution in [3.8, 4) is 0 Å². The van der Waals surface area contributed by atoms with E-state index in [1.807, 2.05) is 4.90 Å². The lowest BCUT2D eigenvalue weighted by atomic mass is 10.1. The second kappa shape index (κ2) is 7.36. The lowest BCUT2D eigenvalue weighted by Gasteiger charge is -2.23. The third-order valence-corrected chi connectivity index (χ3v) is 4.19. The molecule has 0 saturated carbocycles. The van der Waals surface area contributed by atoms with Gasteiger partial charge in [-0.05, 0) is 55.4 Å². The summed E-state index contributed by atoms with van der Waals surface area (Å²) in [6.07, 6.45) is -1.19. The lowest BCUT2D eigenvalue weighted by Crippen LogP contribution is -2.34. The van der Waals surface area contributed by atoms with Crippen molar-refractivity contribution in [2.75, 3.05) is 23.3 Å². The summed E-state index contributed by atoms with van der Waals surface area (Å²) >= 11 is 5.07. The summed E-state index contributed by atoms with van der Waals surface area (Å²) < 4.78 is 44.1. The van der Waals surface area contributed by atoms with Crippen LogP contribution in [0.5, 0.6) is 0 Å². The highest BCUT2D eigenvalue weighted by atomic mass is 32.1. The summed E-state index contributed by atoms with van der Waals surface area (Å²) in [7, 11) is 0. The molecule has 1 aliphatic rings. The Morgan fingerprint density at radius 3 is 2.54 bits per heavy atom. The maximum absolute atomic E-state index is 13.1. The van der Waals surface area contributed by atoms with Gasteiger partial charge < -0.3 is 14.6 Å². The Bertz CT molecular complexity index is 800. The Balaban J connectivity index is 1.81. The van der Waals surface area contributed by atoms with Gasteiger partial charge in [-0.1, -0.05) is 0 Å². The first kappa shape index (κ1) is 18.2. The molecule has 1 aliphatic heterocycles. The molecule has 3 rings (SSSR count). The molecule has 2 aromatic rings. The van der Waals surface area contributed by atoms with Gasteiger partial charge in [-0.2, -0.15) is 13.2 Å². The molecular formula is C17H16F3N3O2S. The topological polar surface area (TPSA) is 57.5 Å².